The summed E-state index contributed by atoms with van der Waals surface area (Å²) in [6.45, 7) is 5.52. The van der Waals surface area contributed by atoms with Gasteiger partial charge in [-0.3, -0.25) is 4.79 Å². The zero-order valence-electron chi connectivity index (χ0n) is 16.5. The first-order valence-electron chi connectivity index (χ1n) is 9.86. The molecule has 0 aliphatic carbocycles. The SMILES string of the molecule is CCCCNC(=O)Nc1ccc(N2CCCCC2)c(C(=O)NCCOC)c1. The van der Waals surface area contributed by atoms with Crippen LogP contribution in [-0.4, -0.2) is 51.8 Å². The monoisotopic (exact) mass is 376 g/mol. The molecule has 0 aromatic heterocycles. The first-order valence-corrected chi connectivity index (χ1v) is 9.86. The van der Waals surface area contributed by atoms with Gasteiger partial charge in [-0.05, 0) is 43.9 Å². The highest BCUT2D eigenvalue weighted by atomic mass is 16.5. The Morgan fingerprint density at radius 3 is 2.59 bits per heavy atom. The number of benzene rings is 1. The van der Waals surface area contributed by atoms with Gasteiger partial charge in [-0.2, -0.15) is 0 Å². The average molecular weight is 377 g/mol. The second-order valence-electron chi connectivity index (χ2n) is 6.76. The number of rotatable bonds is 9. The van der Waals surface area contributed by atoms with Gasteiger partial charge in [-0.15, -0.1) is 0 Å². The Morgan fingerprint density at radius 2 is 1.89 bits per heavy atom. The number of nitrogens with zero attached hydrogens (tertiary/aromatic N) is 1. The topological polar surface area (TPSA) is 82.7 Å². The first-order chi connectivity index (χ1) is 13.2. The number of hydrogen-bond donors (Lipinski definition) is 3. The number of carbonyl (C=O) groups excluding carboxylic acids is 2. The van der Waals surface area contributed by atoms with Gasteiger partial charge < -0.3 is 25.6 Å². The van der Waals surface area contributed by atoms with E-state index in [0.29, 0.717) is 30.9 Å². The number of hydrogen-bond acceptors (Lipinski definition) is 4. The van der Waals surface area contributed by atoms with E-state index in [1.807, 2.05) is 12.1 Å². The van der Waals surface area contributed by atoms with Gasteiger partial charge in [0, 0.05) is 44.7 Å². The van der Waals surface area contributed by atoms with Gasteiger partial charge in [-0.25, -0.2) is 4.79 Å². The number of methoxy groups -OCH3 is 1. The minimum atomic E-state index is -0.250. The van der Waals surface area contributed by atoms with Crippen LogP contribution >= 0.6 is 0 Å². The van der Waals surface area contributed by atoms with Gasteiger partial charge in [0.25, 0.3) is 5.91 Å². The molecule has 1 aliphatic rings. The second-order valence-corrected chi connectivity index (χ2v) is 6.76. The summed E-state index contributed by atoms with van der Waals surface area (Å²) in [5.41, 5.74) is 2.11. The molecule has 27 heavy (non-hydrogen) atoms. The fourth-order valence-electron chi connectivity index (χ4n) is 3.12. The van der Waals surface area contributed by atoms with Crippen molar-refractivity contribution in [1.29, 1.82) is 0 Å². The van der Waals surface area contributed by atoms with E-state index in [4.69, 9.17) is 4.74 Å². The van der Waals surface area contributed by atoms with Crippen molar-refractivity contribution in [3.8, 4) is 0 Å². The quantitative estimate of drug-likeness (QED) is 0.579. The van der Waals surface area contributed by atoms with Gasteiger partial charge in [0.2, 0.25) is 0 Å². The molecule has 1 heterocycles. The van der Waals surface area contributed by atoms with Crippen LogP contribution in [0.2, 0.25) is 0 Å². The predicted molar refractivity (Wildman–Crippen MR) is 109 cm³/mol. The van der Waals surface area contributed by atoms with E-state index in [0.717, 1.165) is 44.5 Å². The van der Waals surface area contributed by atoms with E-state index >= 15 is 0 Å². The Hall–Kier alpha value is -2.28. The van der Waals surface area contributed by atoms with E-state index in [1.165, 1.54) is 6.42 Å². The Kier molecular flexibility index (Phi) is 8.91. The summed E-state index contributed by atoms with van der Waals surface area (Å²) in [6, 6.07) is 5.29. The molecule has 0 spiro atoms. The molecule has 0 bridgehead atoms. The number of nitrogens with one attached hydrogen (secondary N) is 3. The zero-order chi connectivity index (χ0) is 19.5. The van der Waals surface area contributed by atoms with E-state index in [-0.39, 0.29) is 11.9 Å². The summed E-state index contributed by atoms with van der Waals surface area (Å²) in [7, 11) is 1.60. The lowest BCUT2D eigenvalue weighted by atomic mass is 10.1. The molecular weight excluding hydrogens is 344 g/mol. The van der Waals surface area contributed by atoms with E-state index < -0.39 is 0 Å². The molecule has 3 N–H and O–H groups in total. The molecule has 0 radical (unpaired) electrons. The maximum atomic E-state index is 12.7. The van der Waals surface area contributed by atoms with Crippen molar-refractivity contribution < 1.29 is 14.3 Å². The summed E-state index contributed by atoms with van der Waals surface area (Å²) in [5, 5.41) is 8.53. The van der Waals surface area contributed by atoms with Crippen LogP contribution in [0.1, 0.15) is 49.4 Å². The zero-order valence-corrected chi connectivity index (χ0v) is 16.5. The van der Waals surface area contributed by atoms with E-state index in [9.17, 15) is 9.59 Å². The Balaban J connectivity index is 2.13. The third kappa shape index (κ3) is 6.75. The number of piperidine rings is 1. The third-order valence-corrected chi connectivity index (χ3v) is 4.60. The minimum Gasteiger partial charge on any atom is -0.383 e. The van der Waals surface area contributed by atoms with Gasteiger partial charge in [0.05, 0.1) is 12.2 Å². The molecule has 0 atom stereocenters. The lowest BCUT2D eigenvalue weighted by molar-refractivity contribution is 0.0937. The molecule has 1 aromatic carbocycles. The first kappa shape index (κ1) is 21.0. The molecule has 3 amide bonds. The predicted octanol–water partition coefficient (Wildman–Crippen LogP) is 2.97. The molecule has 7 nitrogen and oxygen atoms in total. The highest BCUT2D eigenvalue weighted by molar-refractivity contribution is 6.02. The third-order valence-electron chi connectivity index (χ3n) is 4.60. The molecule has 150 valence electrons. The number of urea groups is 1. The minimum absolute atomic E-state index is 0.150. The molecule has 1 saturated heterocycles. The second kappa shape index (κ2) is 11.4. The molecule has 1 aromatic rings. The lowest BCUT2D eigenvalue weighted by Gasteiger charge is -2.30. The number of carbonyl (C=O) groups is 2. The molecule has 7 heteroatoms. The van der Waals surface area contributed by atoms with Gasteiger partial charge in [0.15, 0.2) is 0 Å². The number of unbranched alkanes of at least 4 members (excludes halogenated alkanes) is 1. The largest absolute Gasteiger partial charge is 0.383 e. The van der Waals surface area contributed by atoms with E-state index in [2.05, 4.69) is 27.8 Å². The maximum Gasteiger partial charge on any atom is 0.319 e. The van der Waals surface area contributed by atoms with Crippen LogP contribution in [-0.2, 0) is 4.74 Å². The van der Waals surface area contributed by atoms with Crippen molar-refractivity contribution in [1.82, 2.24) is 10.6 Å². The number of anilines is 2. The maximum absolute atomic E-state index is 12.7. The molecular formula is C20H32N4O3. The Labute approximate surface area is 161 Å². The molecule has 1 aliphatic heterocycles. The average Bonchev–Trinajstić information content (AvgIpc) is 2.69. The van der Waals surface area contributed by atoms with Crippen LogP contribution in [0.4, 0.5) is 16.2 Å². The Morgan fingerprint density at radius 1 is 1.11 bits per heavy atom. The van der Waals surface area contributed by atoms with Gasteiger partial charge in [-0.1, -0.05) is 13.3 Å². The standard InChI is InChI=1S/C20H32N4O3/c1-3-4-10-22-20(26)23-16-8-9-18(24-12-6-5-7-13-24)17(15-16)19(25)21-11-14-27-2/h8-9,15H,3-7,10-14H2,1-2H3,(H,21,25)(H2,22,23,26). The van der Waals surface area contributed by atoms with Gasteiger partial charge >= 0.3 is 6.03 Å². The summed E-state index contributed by atoms with van der Waals surface area (Å²) in [5.74, 6) is -0.150. The number of ether oxygens (including phenoxy) is 1. The molecule has 2 rings (SSSR count). The molecule has 0 saturated carbocycles. The summed E-state index contributed by atoms with van der Waals surface area (Å²) < 4.78 is 5.01. The van der Waals surface area contributed by atoms with Crippen molar-refractivity contribution in [3.05, 3.63) is 23.8 Å². The van der Waals surface area contributed by atoms with Crippen LogP contribution in [0, 0.1) is 0 Å². The van der Waals surface area contributed by atoms with Crippen LogP contribution in [0.5, 0.6) is 0 Å². The van der Waals surface area contributed by atoms with Crippen molar-refractivity contribution in [2.75, 3.05) is 50.1 Å². The molecule has 1 fully saturated rings. The highest BCUT2D eigenvalue weighted by Gasteiger charge is 2.19. The summed E-state index contributed by atoms with van der Waals surface area (Å²) in [6.07, 6.45) is 5.45. The summed E-state index contributed by atoms with van der Waals surface area (Å²) in [4.78, 5) is 27.0. The number of amides is 3. The lowest BCUT2D eigenvalue weighted by Crippen LogP contribution is -2.34. The van der Waals surface area contributed by atoms with Crippen LogP contribution in [0.15, 0.2) is 18.2 Å². The highest BCUT2D eigenvalue weighted by Crippen LogP contribution is 2.27. The Bertz CT molecular complexity index is 615. The van der Waals surface area contributed by atoms with Crippen LogP contribution in [0.3, 0.4) is 0 Å². The van der Waals surface area contributed by atoms with E-state index in [1.54, 1.807) is 13.2 Å². The normalized spacial score (nSPS) is 13.9. The smallest absolute Gasteiger partial charge is 0.319 e. The van der Waals surface area contributed by atoms with Crippen molar-refractivity contribution in [3.63, 3.8) is 0 Å². The van der Waals surface area contributed by atoms with Crippen LogP contribution in [0.25, 0.3) is 0 Å². The van der Waals surface area contributed by atoms with Crippen LogP contribution < -0.4 is 20.9 Å². The van der Waals surface area contributed by atoms with Crippen molar-refractivity contribution in [2.24, 2.45) is 0 Å². The summed E-state index contributed by atoms with van der Waals surface area (Å²) >= 11 is 0. The van der Waals surface area contributed by atoms with Gasteiger partial charge in [0.1, 0.15) is 0 Å². The van der Waals surface area contributed by atoms with Crippen molar-refractivity contribution >= 4 is 23.3 Å². The van der Waals surface area contributed by atoms with Crippen molar-refractivity contribution in [2.45, 2.75) is 39.0 Å². The fourth-order valence-corrected chi connectivity index (χ4v) is 3.12. The molecule has 0 unspecified atom stereocenters. The fraction of sp³-hybridized carbons (Fsp3) is 0.600.